The normalized spacial score (nSPS) is 21.0. The molecule has 0 heterocycles. The topological polar surface area (TPSA) is 41.5 Å². The molecule has 0 bridgehead atoms. The van der Waals surface area contributed by atoms with Crippen LogP contribution in [0.3, 0.4) is 0 Å². The van der Waals surface area contributed by atoms with E-state index in [0.717, 1.165) is 12.3 Å². The van der Waals surface area contributed by atoms with Crippen LogP contribution in [0, 0.1) is 23.7 Å². The minimum absolute atomic E-state index is 0.327. The van der Waals surface area contributed by atoms with Crippen LogP contribution in [0.2, 0.25) is 0 Å². The van der Waals surface area contributed by atoms with E-state index < -0.39 is 6.10 Å². The van der Waals surface area contributed by atoms with Gasteiger partial charge in [-0.2, -0.15) is 0 Å². The SMILES string of the molecule is Cc1cccc(OCC(O)CNCC2C(C)(C)C2(C)C)c1. The molecule has 1 fully saturated rings. The predicted octanol–water partition coefficient (Wildman–Crippen LogP) is 3.01. The van der Waals surface area contributed by atoms with Crippen molar-refractivity contribution in [1.29, 1.82) is 0 Å². The van der Waals surface area contributed by atoms with Gasteiger partial charge >= 0.3 is 0 Å². The molecule has 1 aliphatic carbocycles. The monoisotopic (exact) mass is 291 g/mol. The van der Waals surface area contributed by atoms with Gasteiger partial charge in [-0.1, -0.05) is 39.8 Å². The lowest BCUT2D eigenvalue weighted by atomic mass is 10.0. The minimum Gasteiger partial charge on any atom is -0.491 e. The largest absolute Gasteiger partial charge is 0.491 e. The van der Waals surface area contributed by atoms with Crippen LogP contribution in [0.5, 0.6) is 5.75 Å². The average molecular weight is 291 g/mol. The highest BCUT2D eigenvalue weighted by molar-refractivity contribution is 5.27. The maximum absolute atomic E-state index is 9.99. The van der Waals surface area contributed by atoms with Gasteiger partial charge in [-0.05, 0) is 47.9 Å². The number of benzene rings is 1. The summed E-state index contributed by atoms with van der Waals surface area (Å²) in [6.45, 7) is 13.2. The fourth-order valence-corrected chi connectivity index (χ4v) is 3.19. The second-order valence-corrected chi connectivity index (χ2v) is 7.44. The molecule has 3 nitrogen and oxygen atoms in total. The van der Waals surface area contributed by atoms with E-state index in [1.807, 2.05) is 31.2 Å². The van der Waals surface area contributed by atoms with E-state index >= 15 is 0 Å². The van der Waals surface area contributed by atoms with Crippen molar-refractivity contribution in [3.05, 3.63) is 29.8 Å². The quantitative estimate of drug-likeness (QED) is 0.811. The molecule has 1 unspecified atom stereocenters. The smallest absolute Gasteiger partial charge is 0.119 e. The molecule has 2 N–H and O–H groups in total. The highest BCUT2D eigenvalue weighted by Gasteiger charge is 2.63. The Balaban J connectivity index is 1.66. The van der Waals surface area contributed by atoms with Crippen LogP contribution in [0.1, 0.15) is 33.3 Å². The Kier molecular flexibility index (Phi) is 4.64. The van der Waals surface area contributed by atoms with Crippen molar-refractivity contribution in [3.63, 3.8) is 0 Å². The van der Waals surface area contributed by atoms with Gasteiger partial charge in [0.05, 0.1) is 0 Å². The van der Waals surface area contributed by atoms with E-state index in [4.69, 9.17) is 4.74 Å². The van der Waals surface area contributed by atoms with Gasteiger partial charge < -0.3 is 15.2 Å². The summed E-state index contributed by atoms with van der Waals surface area (Å²) in [6.07, 6.45) is -0.476. The van der Waals surface area contributed by atoms with Gasteiger partial charge in [0, 0.05) is 6.54 Å². The molecule has 0 spiro atoms. The van der Waals surface area contributed by atoms with Crippen molar-refractivity contribution >= 4 is 0 Å². The second-order valence-electron chi connectivity index (χ2n) is 7.44. The lowest BCUT2D eigenvalue weighted by Gasteiger charge is -2.14. The van der Waals surface area contributed by atoms with Gasteiger partial charge in [0.1, 0.15) is 18.5 Å². The van der Waals surface area contributed by atoms with Crippen LogP contribution in [-0.4, -0.2) is 30.9 Å². The van der Waals surface area contributed by atoms with Crippen molar-refractivity contribution in [2.24, 2.45) is 16.7 Å². The molecule has 0 saturated heterocycles. The second kappa shape index (κ2) is 5.98. The molecule has 21 heavy (non-hydrogen) atoms. The predicted molar refractivity (Wildman–Crippen MR) is 86.6 cm³/mol. The van der Waals surface area contributed by atoms with Crippen molar-refractivity contribution in [2.75, 3.05) is 19.7 Å². The summed E-state index contributed by atoms with van der Waals surface area (Å²) in [5.41, 5.74) is 1.95. The first kappa shape index (κ1) is 16.3. The number of hydrogen-bond acceptors (Lipinski definition) is 3. The summed E-state index contributed by atoms with van der Waals surface area (Å²) in [7, 11) is 0. The Labute approximate surface area is 128 Å². The number of ether oxygens (including phenoxy) is 1. The molecule has 1 aromatic rings. The number of aliphatic hydroxyl groups is 1. The molecule has 1 saturated carbocycles. The van der Waals surface area contributed by atoms with Crippen molar-refractivity contribution in [2.45, 2.75) is 40.7 Å². The molecule has 1 aromatic carbocycles. The highest BCUT2D eigenvalue weighted by atomic mass is 16.5. The Morgan fingerprint density at radius 1 is 1.24 bits per heavy atom. The van der Waals surface area contributed by atoms with E-state index in [2.05, 4.69) is 33.0 Å². The van der Waals surface area contributed by atoms with Gasteiger partial charge in [-0.25, -0.2) is 0 Å². The first-order chi connectivity index (χ1) is 9.75. The zero-order valence-corrected chi connectivity index (χ0v) is 13.9. The Hall–Kier alpha value is -1.06. The zero-order chi connectivity index (χ0) is 15.7. The Morgan fingerprint density at radius 3 is 2.48 bits per heavy atom. The van der Waals surface area contributed by atoms with Crippen molar-refractivity contribution in [3.8, 4) is 5.75 Å². The lowest BCUT2D eigenvalue weighted by Crippen LogP contribution is -2.33. The summed E-state index contributed by atoms with van der Waals surface area (Å²) in [5, 5.41) is 13.4. The minimum atomic E-state index is -0.476. The number of rotatable bonds is 7. The molecule has 2 rings (SSSR count). The summed E-state index contributed by atoms with van der Waals surface area (Å²) >= 11 is 0. The fourth-order valence-electron chi connectivity index (χ4n) is 3.19. The third kappa shape index (κ3) is 3.58. The van der Waals surface area contributed by atoms with Crippen LogP contribution in [0.4, 0.5) is 0 Å². The van der Waals surface area contributed by atoms with Crippen molar-refractivity contribution < 1.29 is 9.84 Å². The zero-order valence-electron chi connectivity index (χ0n) is 13.9. The van der Waals surface area contributed by atoms with E-state index in [1.54, 1.807) is 0 Å². The van der Waals surface area contributed by atoms with Crippen LogP contribution in [-0.2, 0) is 0 Å². The summed E-state index contributed by atoms with van der Waals surface area (Å²) in [6, 6.07) is 7.90. The molecule has 3 heteroatoms. The lowest BCUT2D eigenvalue weighted by molar-refractivity contribution is 0.106. The van der Waals surface area contributed by atoms with Gasteiger partial charge in [-0.3, -0.25) is 0 Å². The van der Waals surface area contributed by atoms with E-state index in [-0.39, 0.29) is 0 Å². The Bertz CT molecular complexity index is 468. The maximum atomic E-state index is 9.99. The van der Waals surface area contributed by atoms with Gasteiger partial charge in [0.2, 0.25) is 0 Å². The number of aliphatic hydroxyl groups excluding tert-OH is 1. The molecule has 0 radical (unpaired) electrons. The van der Waals surface area contributed by atoms with Crippen LogP contribution < -0.4 is 10.1 Å². The average Bonchev–Trinajstić information content (AvgIpc) is 2.79. The highest BCUT2D eigenvalue weighted by Crippen LogP contribution is 2.67. The van der Waals surface area contributed by atoms with E-state index in [0.29, 0.717) is 29.9 Å². The molecule has 0 amide bonds. The van der Waals surface area contributed by atoms with E-state index in [9.17, 15) is 5.11 Å². The number of nitrogens with one attached hydrogen (secondary N) is 1. The molecule has 0 aliphatic heterocycles. The first-order valence-corrected chi connectivity index (χ1v) is 7.83. The van der Waals surface area contributed by atoms with Gasteiger partial charge in [0.25, 0.3) is 0 Å². The molecule has 0 aromatic heterocycles. The van der Waals surface area contributed by atoms with Gasteiger partial charge in [-0.15, -0.1) is 0 Å². The first-order valence-electron chi connectivity index (χ1n) is 7.83. The molecular formula is C18H29NO2. The van der Waals surface area contributed by atoms with Gasteiger partial charge in [0.15, 0.2) is 0 Å². The third-order valence-electron chi connectivity index (χ3n) is 5.48. The van der Waals surface area contributed by atoms with Crippen LogP contribution in [0.25, 0.3) is 0 Å². The maximum Gasteiger partial charge on any atom is 0.119 e. The standard InChI is InChI=1S/C18H29NO2/c1-13-7-6-8-15(9-13)21-12-14(20)10-19-11-16-17(2,3)18(16,4)5/h6-9,14,16,19-20H,10-12H2,1-5H3. The van der Waals surface area contributed by atoms with E-state index in [1.165, 1.54) is 5.56 Å². The molecule has 1 aliphatic rings. The summed E-state index contributed by atoms with van der Waals surface area (Å²) in [4.78, 5) is 0. The van der Waals surface area contributed by atoms with Crippen molar-refractivity contribution in [1.82, 2.24) is 5.32 Å². The third-order valence-corrected chi connectivity index (χ3v) is 5.48. The molecule has 1 atom stereocenters. The summed E-state index contributed by atoms with van der Waals surface area (Å²) in [5.74, 6) is 1.49. The number of aryl methyl sites for hydroxylation is 1. The van der Waals surface area contributed by atoms with Crippen LogP contribution >= 0.6 is 0 Å². The molecule has 118 valence electrons. The Morgan fingerprint density at radius 2 is 1.90 bits per heavy atom. The number of hydrogen-bond donors (Lipinski definition) is 2. The fraction of sp³-hybridized carbons (Fsp3) is 0.667. The summed E-state index contributed by atoms with van der Waals surface area (Å²) < 4.78 is 5.61. The molecular weight excluding hydrogens is 262 g/mol. The van der Waals surface area contributed by atoms with Crippen LogP contribution in [0.15, 0.2) is 24.3 Å².